The molecule has 0 bridgehead atoms. The fourth-order valence-corrected chi connectivity index (χ4v) is 4.47. The fourth-order valence-electron chi connectivity index (χ4n) is 4.47. The molecule has 1 fully saturated rings. The minimum atomic E-state index is -0.679. The largest absolute Gasteiger partial charge is 0.393 e. The van der Waals surface area contributed by atoms with E-state index in [9.17, 15) is 15.2 Å². The minimum absolute atomic E-state index is 0.0669. The number of anilines is 1. The van der Waals surface area contributed by atoms with Crippen LogP contribution < -0.4 is 5.32 Å². The van der Waals surface area contributed by atoms with Crippen LogP contribution in [-0.4, -0.2) is 31.9 Å². The molecule has 1 aliphatic rings. The van der Waals surface area contributed by atoms with E-state index in [-0.39, 0.29) is 17.4 Å². The minimum Gasteiger partial charge on any atom is -0.393 e. The normalized spacial score (nSPS) is 20.5. The molecular formula is C27H31N5O2. The van der Waals surface area contributed by atoms with E-state index in [1.165, 1.54) is 5.56 Å². The average molecular weight is 458 g/mol. The number of pyridine rings is 1. The van der Waals surface area contributed by atoms with Crippen molar-refractivity contribution < 1.29 is 9.90 Å². The first-order chi connectivity index (χ1) is 16.1. The fraction of sp³-hybridized carbons (Fsp3) is 0.407. The number of hydrogen-bond donors (Lipinski definition) is 2. The molecule has 1 aliphatic carbocycles. The molecule has 1 saturated carbocycles. The van der Waals surface area contributed by atoms with E-state index in [2.05, 4.69) is 54.4 Å². The maximum absolute atomic E-state index is 12.9. The number of amides is 1. The van der Waals surface area contributed by atoms with Crippen LogP contribution in [0.1, 0.15) is 73.8 Å². The van der Waals surface area contributed by atoms with Gasteiger partial charge in [-0.05, 0) is 67.9 Å². The van der Waals surface area contributed by atoms with Crippen molar-refractivity contribution in [2.75, 3.05) is 5.32 Å². The molecule has 1 amide bonds. The van der Waals surface area contributed by atoms with Gasteiger partial charge in [-0.25, -0.2) is 4.68 Å². The van der Waals surface area contributed by atoms with E-state index in [1.54, 1.807) is 29.2 Å². The Bertz CT molecular complexity index is 1210. The van der Waals surface area contributed by atoms with Crippen molar-refractivity contribution in [1.29, 1.82) is 5.26 Å². The summed E-state index contributed by atoms with van der Waals surface area (Å²) in [5, 5.41) is 26.9. The second-order valence-electron chi connectivity index (χ2n) is 10.2. The number of aliphatic hydroxyl groups excluding tert-OH is 1. The Morgan fingerprint density at radius 3 is 2.38 bits per heavy atom. The summed E-state index contributed by atoms with van der Waals surface area (Å²) in [4.78, 5) is 17.4. The van der Waals surface area contributed by atoms with Crippen LogP contribution in [0.15, 0.2) is 48.8 Å². The maximum atomic E-state index is 12.9. The van der Waals surface area contributed by atoms with Crippen molar-refractivity contribution in [1.82, 2.24) is 14.8 Å². The van der Waals surface area contributed by atoms with E-state index in [0.717, 1.165) is 11.4 Å². The Morgan fingerprint density at radius 2 is 1.82 bits per heavy atom. The third kappa shape index (κ3) is 4.59. The summed E-state index contributed by atoms with van der Waals surface area (Å²) in [5.74, 6) is -0.264. The molecule has 176 valence electrons. The third-order valence-electron chi connectivity index (χ3n) is 6.77. The molecule has 0 atom stereocenters. The zero-order chi connectivity index (χ0) is 24.5. The van der Waals surface area contributed by atoms with Gasteiger partial charge in [-0.3, -0.25) is 9.78 Å². The number of aliphatic hydroxyl groups is 1. The first-order valence-corrected chi connectivity index (χ1v) is 11.7. The Morgan fingerprint density at radius 1 is 1.15 bits per heavy atom. The van der Waals surface area contributed by atoms with Gasteiger partial charge in [0, 0.05) is 0 Å². The van der Waals surface area contributed by atoms with Crippen molar-refractivity contribution in [2.24, 2.45) is 0 Å². The lowest BCUT2D eigenvalue weighted by Crippen LogP contribution is -2.33. The Kier molecular flexibility index (Phi) is 6.28. The highest BCUT2D eigenvalue weighted by Crippen LogP contribution is 2.38. The Hall–Kier alpha value is -3.50. The summed E-state index contributed by atoms with van der Waals surface area (Å²) in [6.45, 7) is 8.38. The molecule has 4 rings (SSSR count). The summed E-state index contributed by atoms with van der Waals surface area (Å²) in [6, 6.07) is 14.2. The summed E-state index contributed by atoms with van der Waals surface area (Å²) in [5.41, 5.74) is 3.99. The number of hydrogen-bond acceptors (Lipinski definition) is 5. The first-order valence-electron chi connectivity index (χ1n) is 11.7. The molecule has 7 nitrogen and oxygen atoms in total. The zero-order valence-electron chi connectivity index (χ0n) is 20.2. The lowest BCUT2D eigenvalue weighted by Gasteiger charge is -2.32. The highest BCUT2D eigenvalue weighted by molar-refractivity contribution is 6.04. The number of aromatic nitrogens is 3. The number of benzene rings is 1. The SMILES string of the molecule is Cc1c(C(=O)Nc2ccc([C@]3(C#N)CC[C@@H](O)CC3)nc2)cnn1-c1ccc(C(C)(C)C)cc1. The number of rotatable bonds is 4. The average Bonchev–Trinajstić information content (AvgIpc) is 3.21. The van der Waals surface area contributed by atoms with Gasteiger partial charge in [0.2, 0.25) is 0 Å². The molecule has 2 aromatic heterocycles. The first kappa shape index (κ1) is 23.7. The van der Waals surface area contributed by atoms with Gasteiger partial charge in [0.05, 0.1) is 58.3 Å². The van der Waals surface area contributed by atoms with Gasteiger partial charge >= 0.3 is 0 Å². The van der Waals surface area contributed by atoms with Crippen molar-refractivity contribution in [3.8, 4) is 11.8 Å². The topological polar surface area (TPSA) is 104 Å². The van der Waals surface area contributed by atoms with E-state index in [1.807, 2.05) is 19.1 Å². The predicted molar refractivity (Wildman–Crippen MR) is 131 cm³/mol. The quantitative estimate of drug-likeness (QED) is 0.584. The Labute approximate surface area is 200 Å². The van der Waals surface area contributed by atoms with Gasteiger partial charge in [-0.15, -0.1) is 0 Å². The second kappa shape index (κ2) is 9.03. The van der Waals surface area contributed by atoms with Crippen molar-refractivity contribution >= 4 is 11.6 Å². The second-order valence-corrected chi connectivity index (χ2v) is 10.2. The summed E-state index contributed by atoms with van der Waals surface area (Å²) >= 11 is 0. The lowest BCUT2D eigenvalue weighted by atomic mass is 9.72. The van der Waals surface area contributed by atoms with Crippen molar-refractivity contribution in [3.63, 3.8) is 0 Å². The molecule has 0 radical (unpaired) electrons. The smallest absolute Gasteiger partial charge is 0.259 e. The van der Waals surface area contributed by atoms with Crippen LogP contribution in [0, 0.1) is 18.3 Å². The maximum Gasteiger partial charge on any atom is 0.259 e. The molecule has 0 spiro atoms. The third-order valence-corrected chi connectivity index (χ3v) is 6.77. The van der Waals surface area contributed by atoms with Crippen LogP contribution in [0.4, 0.5) is 5.69 Å². The molecule has 0 saturated heterocycles. The Balaban J connectivity index is 1.48. The summed E-state index contributed by atoms with van der Waals surface area (Å²) < 4.78 is 1.76. The van der Waals surface area contributed by atoms with Crippen LogP contribution in [0.2, 0.25) is 0 Å². The van der Waals surface area contributed by atoms with E-state index >= 15 is 0 Å². The van der Waals surface area contributed by atoms with E-state index in [0.29, 0.717) is 42.6 Å². The van der Waals surface area contributed by atoms with Crippen molar-refractivity contribution in [2.45, 2.75) is 70.3 Å². The molecule has 2 N–H and O–H groups in total. The summed E-state index contributed by atoms with van der Waals surface area (Å²) in [6.07, 6.45) is 5.16. The van der Waals surface area contributed by atoms with Gasteiger partial charge in [-0.1, -0.05) is 32.9 Å². The molecule has 3 aromatic rings. The van der Waals surface area contributed by atoms with Gasteiger partial charge < -0.3 is 10.4 Å². The molecule has 1 aromatic carbocycles. The molecule has 0 aliphatic heterocycles. The molecule has 2 heterocycles. The van der Waals surface area contributed by atoms with Gasteiger partial charge in [0.1, 0.15) is 0 Å². The molecule has 0 unspecified atom stereocenters. The van der Waals surface area contributed by atoms with Gasteiger partial charge in [0.15, 0.2) is 0 Å². The van der Waals surface area contributed by atoms with E-state index < -0.39 is 5.41 Å². The molecular weight excluding hydrogens is 426 g/mol. The van der Waals surface area contributed by atoms with Crippen LogP contribution >= 0.6 is 0 Å². The molecule has 7 heteroatoms. The summed E-state index contributed by atoms with van der Waals surface area (Å²) in [7, 11) is 0. The van der Waals surface area contributed by atoms with Crippen LogP contribution in [0.5, 0.6) is 0 Å². The highest BCUT2D eigenvalue weighted by atomic mass is 16.3. The van der Waals surface area contributed by atoms with Crippen LogP contribution in [0.3, 0.4) is 0 Å². The van der Waals surface area contributed by atoms with Gasteiger partial charge in [-0.2, -0.15) is 10.4 Å². The lowest BCUT2D eigenvalue weighted by molar-refractivity contribution is 0.102. The number of nitriles is 1. The van der Waals surface area contributed by atoms with Crippen molar-refractivity contribution in [3.05, 3.63) is 71.3 Å². The number of nitrogens with zero attached hydrogens (tertiary/aromatic N) is 4. The van der Waals surface area contributed by atoms with Crippen LogP contribution in [0.25, 0.3) is 5.69 Å². The van der Waals surface area contributed by atoms with E-state index in [4.69, 9.17) is 0 Å². The number of carbonyl (C=O) groups excluding carboxylic acids is 1. The monoisotopic (exact) mass is 457 g/mol. The number of nitrogens with one attached hydrogen (secondary N) is 1. The molecule has 34 heavy (non-hydrogen) atoms. The van der Waals surface area contributed by atoms with Crippen LogP contribution in [-0.2, 0) is 10.8 Å². The standard InChI is InChI=1S/C27H31N5O2/c1-18-23(16-30-32(18)21-8-5-19(6-9-21)26(2,3)4)25(34)31-20-7-10-24(29-15-20)27(17-28)13-11-22(33)12-14-27/h5-10,15-16,22,33H,11-14H2,1-4H3,(H,31,34)/t22-,27-. The number of carbonyl (C=O) groups is 1. The predicted octanol–water partition coefficient (Wildman–Crippen LogP) is 4.82. The zero-order valence-corrected chi connectivity index (χ0v) is 20.2. The highest BCUT2D eigenvalue weighted by Gasteiger charge is 2.38. The van der Waals surface area contributed by atoms with Gasteiger partial charge in [0.25, 0.3) is 5.91 Å².